The van der Waals surface area contributed by atoms with E-state index in [9.17, 15) is 4.39 Å². The van der Waals surface area contributed by atoms with Crippen LogP contribution in [0.3, 0.4) is 0 Å². The Labute approximate surface area is 118 Å². The van der Waals surface area contributed by atoms with Crippen LogP contribution in [0.1, 0.15) is 11.1 Å². The van der Waals surface area contributed by atoms with Gasteiger partial charge in [-0.3, -0.25) is 0 Å². The van der Waals surface area contributed by atoms with E-state index in [2.05, 4.69) is 11.8 Å². The van der Waals surface area contributed by atoms with Gasteiger partial charge in [-0.15, -0.1) is 0 Å². The molecule has 0 unspecified atom stereocenters. The molecule has 0 bridgehead atoms. The molecule has 0 radical (unpaired) electrons. The van der Waals surface area contributed by atoms with Gasteiger partial charge in [0.25, 0.3) is 0 Å². The lowest BCUT2D eigenvalue weighted by molar-refractivity contribution is 0.319. The van der Waals surface area contributed by atoms with Gasteiger partial charge in [-0.1, -0.05) is 42.2 Å². The molecule has 2 aromatic rings. The van der Waals surface area contributed by atoms with Crippen LogP contribution in [-0.4, -0.2) is 13.2 Å². The van der Waals surface area contributed by atoms with Gasteiger partial charge in [0.2, 0.25) is 0 Å². The second kappa shape index (κ2) is 7.32. The van der Waals surface area contributed by atoms with Crippen LogP contribution in [0.5, 0.6) is 5.75 Å². The average molecular weight is 269 g/mol. The molecule has 0 aliphatic carbocycles. The minimum Gasteiger partial charge on any atom is -0.492 e. The Morgan fingerprint density at radius 1 is 1.10 bits per heavy atom. The first kappa shape index (κ1) is 14.1. The fraction of sp³-hybridized carbons (Fsp3) is 0.176. The predicted octanol–water partition coefficient (Wildman–Crippen LogP) is 2.76. The molecule has 2 aromatic carbocycles. The number of nitrogens with two attached hydrogens (primary N) is 1. The maximum absolute atomic E-state index is 13.3. The summed E-state index contributed by atoms with van der Waals surface area (Å²) < 4.78 is 18.9. The molecule has 0 atom stereocenters. The topological polar surface area (TPSA) is 35.2 Å². The van der Waals surface area contributed by atoms with Gasteiger partial charge in [-0.2, -0.15) is 0 Å². The monoisotopic (exact) mass is 269 g/mol. The van der Waals surface area contributed by atoms with E-state index >= 15 is 0 Å². The first-order valence-corrected chi connectivity index (χ1v) is 6.45. The van der Waals surface area contributed by atoms with E-state index in [0.717, 1.165) is 6.42 Å². The minimum atomic E-state index is -0.335. The summed E-state index contributed by atoms with van der Waals surface area (Å²) in [5.74, 6) is 5.75. The average Bonchev–Trinajstić information content (AvgIpc) is 2.47. The quantitative estimate of drug-likeness (QED) is 0.866. The molecule has 0 saturated carbocycles. The van der Waals surface area contributed by atoms with E-state index in [1.54, 1.807) is 6.07 Å². The third-order valence-corrected chi connectivity index (χ3v) is 2.76. The lowest BCUT2D eigenvalue weighted by Gasteiger charge is -2.08. The van der Waals surface area contributed by atoms with Crippen molar-refractivity contribution in [3.05, 3.63) is 65.5 Å². The van der Waals surface area contributed by atoms with Crippen LogP contribution in [0.2, 0.25) is 0 Å². The van der Waals surface area contributed by atoms with Crippen LogP contribution in [-0.2, 0) is 6.42 Å². The zero-order valence-corrected chi connectivity index (χ0v) is 11.1. The Morgan fingerprint density at radius 2 is 1.90 bits per heavy atom. The van der Waals surface area contributed by atoms with E-state index in [4.69, 9.17) is 10.5 Å². The highest BCUT2D eigenvalue weighted by Crippen LogP contribution is 2.19. The summed E-state index contributed by atoms with van der Waals surface area (Å²) in [5.41, 5.74) is 7.18. The molecule has 2 nitrogen and oxygen atoms in total. The van der Waals surface area contributed by atoms with Gasteiger partial charge in [-0.25, -0.2) is 4.39 Å². The molecule has 20 heavy (non-hydrogen) atoms. The first-order valence-electron chi connectivity index (χ1n) is 6.45. The largest absolute Gasteiger partial charge is 0.492 e. The highest BCUT2D eigenvalue weighted by molar-refractivity contribution is 5.46. The molecule has 3 heteroatoms. The molecule has 0 spiro atoms. The van der Waals surface area contributed by atoms with Crippen LogP contribution in [0, 0.1) is 17.7 Å². The van der Waals surface area contributed by atoms with Crippen molar-refractivity contribution in [1.29, 1.82) is 0 Å². The minimum absolute atomic E-state index is 0.265. The number of benzene rings is 2. The Hall–Kier alpha value is -2.31. The molecule has 0 fully saturated rings. The molecule has 102 valence electrons. The third-order valence-electron chi connectivity index (χ3n) is 2.76. The second-order valence-electron chi connectivity index (χ2n) is 4.23. The predicted molar refractivity (Wildman–Crippen MR) is 78.0 cm³/mol. The summed E-state index contributed by atoms with van der Waals surface area (Å²) in [5, 5.41) is 0. The van der Waals surface area contributed by atoms with Crippen molar-refractivity contribution in [3.63, 3.8) is 0 Å². The number of ether oxygens (including phenoxy) is 1. The van der Waals surface area contributed by atoms with Crippen molar-refractivity contribution < 1.29 is 9.13 Å². The zero-order chi connectivity index (χ0) is 14.2. The number of rotatable bonds is 4. The van der Waals surface area contributed by atoms with E-state index in [0.29, 0.717) is 17.9 Å². The third kappa shape index (κ3) is 4.11. The first-order chi connectivity index (χ1) is 9.79. The highest BCUT2D eigenvalue weighted by atomic mass is 19.1. The van der Waals surface area contributed by atoms with Gasteiger partial charge < -0.3 is 10.5 Å². The van der Waals surface area contributed by atoms with Crippen molar-refractivity contribution in [1.82, 2.24) is 0 Å². The van der Waals surface area contributed by atoms with E-state index in [-0.39, 0.29) is 12.4 Å². The Balaban J connectivity index is 2.03. The Kier molecular flexibility index (Phi) is 5.16. The van der Waals surface area contributed by atoms with Crippen molar-refractivity contribution in [2.75, 3.05) is 13.2 Å². The van der Waals surface area contributed by atoms with Crippen LogP contribution < -0.4 is 10.5 Å². The molecule has 2 rings (SSSR count). The SMILES string of the molecule is NCC#Cc1ccc(F)cc1OCCc1ccccc1. The molecule has 0 aliphatic rings. The molecule has 0 heterocycles. The maximum Gasteiger partial charge on any atom is 0.137 e. The second-order valence-corrected chi connectivity index (χ2v) is 4.23. The van der Waals surface area contributed by atoms with E-state index in [1.807, 2.05) is 30.3 Å². The zero-order valence-electron chi connectivity index (χ0n) is 11.1. The molecule has 0 aromatic heterocycles. The molecular formula is C17H16FNO. The standard InChI is InChI=1S/C17H16FNO/c18-16-9-8-15(7-4-11-19)17(13-16)20-12-10-14-5-2-1-3-6-14/h1-3,5-6,8-9,13H,10-12,19H2. The summed E-state index contributed by atoms with van der Waals surface area (Å²) in [4.78, 5) is 0. The highest BCUT2D eigenvalue weighted by Gasteiger charge is 2.03. The van der Waals surface area contributed by atoms with Crippen LogP contribution in [0.25, 0.3) is 0 Å². The molecule has 2 N–H and O–H groups in total. The summed E-state index contributed by atoms with van der Waals surface area (Å²) in [7, 11) is 0. The summed E-state index contributed by atoms with van der Waals surface area (Å²) >= 11 is 0. The van der Waals surface area contributed by atoms with Crippen LogP contribution in [0.4, 0.5) is 4.39 Å². The summed E-state index contributed by atoms with van der Waals surface area (Å²) in [6, 6.07) is 14.3. The number of halogens is 1. The fourth-order valence-corrected chi connectivity index (χ4v) is 1.79. The van der Waals surface area contributed by atoms with Gasteiger partial charge >= 0.3 is 0 Å². The number of hydrogen-bond donors (Lipinski definition) is 1. The van der Waals surface area contributed by atoms with E-state index < -0.39 is 0 Å². The Morgan fingerprint density at radius 3 is 2.65 bits per heavy atom. The van der Waals surface area contributed by atoms with Crippen LogP contribution >= 0.6 is 0 Å². The molecule has 0 saturated heterocycles. The van der Waals surface area contributed by atoms with Crippen LogP contribution in [0.15, 0.2) is 48.5 Å². The smallest absolute Gasteiger partial charge is 0.137 e. The van der Waals surface area contributed by atoms with Crippen molar-refractivity contribution in [2.45, 2.75) is 6.42 Å². The van der Waals surface area contributed by atoms with Gasteiger partial charge in [0.15, 0.2) is 0 Å². The lowest BCUT2D eigenvalue weighted by Crippen LogP contribution is -2.03. The van der Waals surface area contributed by atoms with Gasteiger partial charge in [-0.05, 0) is 17.7 Å². The maximum atomic E-state index is 13.3. The normalized spacial score (nSPS) is 9.70. The molecule has 0 aliphatic heterocycles. The van der Waals surface area contributed by atoms with E-state index in [1.165, 1.54) is 17.7 Å². The van der Waals surface area contributed by atoms with Crippen molar-refractivity contribution >= 4 is 0 Å². The molecule has 0 amide bonds. The molecular weight excluding hydrogens is 253 g/mol. The number of hydrogen-bond acceptors (Lipinski definition) is 2. The summed E-state index contributed by atoms with van der Waals surface area (Å²) in [6.07, 6.45) is 0.765. The Bertz CT molecular complexity index is 614. The van der Waals surface area contributed by atoms with Crippen molar-refractivity contribution in [2.24, 2.45) is 5.73 Å². The summed E-state index contributed by atoms with van der Waals surface area (Å²) in [6.45, 7) is 0.742. The fourth-order valence-electron chi connectivity index (χ4n) is 1.79. The van der Waals surface area contributed by atoms with Crippen molar-refractivity contribution in [3.8, 4) is 17.6 Å². The van der Waals surface area contributed by atoms with Gasteiger partial charge in [0.1, 0.15) is 11.6 Å². The van der Waals surface area contributed by atoms with Gasteiger partial charge in [0.05, 0.1) is 18.7 Å². The lowest BCUT2D eigenvalue weighted by atomic mass is 10.1. The van der Waals surface area contributed by atoms with Gasteiger partial charge in [0, 0.05) is 12.5 Å².